The molecule has 0 N–H and O–H groups in total. The monoisotopic (exact) mass is 271 g/mol. The maximum atomic E-state index is 12.7. The molecular formula is C15H17N3O2. The Morgan fingerprint density at radius 1 is 1.20 bits per heavy atom. The SMILES string of the molecule is N#CCc1nc(C(=O)C2C3CC4CC(C3)CC2C4)no1. The molecule has 104 valence electrons. The number of aromatic nitrogens is 2. The molecule has 4 saturated carbocycles. The Kier molecular flexibility index (Phi) is 2.66. The molecule has 1 aromatic rings. The average Bonchev–Trinajstić information content (AvgIpc) is 2.86. The molecule has 4 aliphatic rings. The number of hydrogen-bond acceptors (Lipinski definition) is 5. The molecule has 0 spiro atoms. The van der Waals surface area contributed by atoms with Gasteiger partial charge in [0.15, 0.2) is 0 Å². The predicted octanol–water partition coefficient (Wildman–Crippen LogP) is 2.39. The zero-order valence-electron chi connectivity index (χ0n) is 11.3. The number of rotatable bonds is 3. The highest BCUT2D eigenvalue weighted by Gasteiger charge is 2.51. The Morgan fingerprint density at radius 2 is 1.85 bits per heavy atom. The maximum absolute atomic E-state index is 12.7. The summed E-state index contributed by atoms with van der Waals surface area (Å²) < 4.78 is 4.96. The third-order valence-electron chi connectivity index (χ3n) is 5.45. The average molecular weight is 271 g/mol. The Morgan fingerprint density at radius 3 is 2.45 bits per heavy atom. The topological polar surface area (TPSA) is 79.8 Å². The van der Waals surface area contributed by atoms with Gasteiger partial charge in [0.05, 0.1) is 6.07 Å². The zero-order chi connectivity index (χ0) is 13.7. The van der Waals surface area contributed by atoms with Crippen LogP contribution < -0.4 is 0 Å². The first kappa shape index (κ1) is 12.1. The summed E-state index contributed by atoms with van der Waals surface area (Å²) in [5.41, 5.74) is 0. The van der Waals surface area contributed by atoms with Gasteiger partial charge in [-0.25, -0.2) is 0 Å². The van der Waals surface area contributed by atoms with Crippen LogP contribution in [0.25, 0.3) is 0 Å². The van der Waals surface area contributed by atoms with E-state index in [4.69, 9.17) is 9.78 Å². The number of carbonyl (C=O) groups is 1. The van der Waals surface area contributed by atoms with Gasteiger partial charge in [0.2, 0.25) is 17.5 Å². The van der Waals surface area contributed by atoms with Crippen molar-refractivity contribution in [3.05, 3.63) is 11.7 Å². The van der Waals surface area contributed by atoms with E-state index in [1.165, 1.54) is 32.1 Å². The van der Waals surface area contributed by atoms with Crippen molar-refractivity contribution >= 4 is 5.78 Å². The minimum atomic E-state index is 0.0479. The Hall–Kier alpha value is -1.70. The first-order valence-electron chi connectivity index (χ1n) is 7.48. The largest absolute Gasteiger partial charge is 0.338 e. The van der Waals surface area contributed by atoms with E-state index in [-0.39, 0.29) is 29.8 Å². The molecule has 1 heterocycles. The molecule has 5 nitrogen and oxygen atoms in total. The second-order valence-corrected chi connectivity index (χ2v) is 6.67. The molecule has 5 rings (SSSR count). The molecule has 0 unspecified atom stereocenters. The minimum Gasteiger partial charge on any atom is -0.338 e. The molecule has 4 bridgehead atoms. The Bertz CT molecular complexity index is 558. The van der Waals surface area contributed by atoms with Crippen molar-refractivity contribution in [1.82, 2.24) is 10.1 Å². The van der Waals surface area contributed by atoms with Gasteiger partial charge in [-0.3, -0.25) is 4.79 Å². The highest BCUT2D eigenvalue weighted by molar-refractivity contribution is 5.94. The third-order valence-corrected chi connectivity index (χ3v) is 5.45. The van der Waals surface area contributed by atoms with Crippen molar-refractivity contribution in [2.75, 3.05) is 0 Å². The molecule has 20 heavy (non-hydrogen) atoms. The smallest absolute Gasteiger partial charge is 0.241 e. The first-order valence-corrected chi connectivity index (χ1v) is 7.48. The van der Waals surface area contributed by atoms with Crippen LogP contribution in [0.15, 0.2) is 4.52 Å². The van der Waals surface area contributed by atoms with Crippen LogP contribution in [0.3, 0.4) is 0 Å². The summed E-state index contributed by atoms with van der Waals surface area (Å²) in [7, 11) is 0. The van der Waals surface area contributed by atoms with Crippen molar-refractivity contribution in [3.8, 4) is 6.07 Å². The van der Waals surface area contributed by atoms with E-state index < -0.39 is 0 Å². The van der Waals surface area contributed by atoms with E-state index in [1.54, 1.807) is 0 Å². The second-order valence-electron chi connectivity index (χ2n) is 6.67. The number of ketones is 1. The second kappa shape index (κ2) is 4.41. The molecule has 4 aliphatic carbocycles. The molecule has 0 atom stereocenters. The summed E-state index contributed by atoms with van der Waals surface area (Å²) in [6.07, 6.45) is 6.25. The van der Waals surface area contributed by atoms with Crippen LogP contribution in [-0.2, 0) is 6.42 Å². The number of nitrogens with zero attached hydrogens (tertiary/aromatic N) is 3. The molecule has 0 aromatic carbocycles. The summed E-state index contributed by atoms with van der Waals surface area (Å²) in [5.74, 6) is 3.32. The Balaban J connectivity index is 1.57. The fourth-order valence-corrected chi connectivity index (χ4v) is 5.00. The lowest BCUT2D eigenvalue weighted by Gasteiger charge is -2.53. The fraction of sp³-hybridized carbons (Fsp3) is 0.733. The molecule has 1 aromatic heterocycles. The standard InChI is InChI=1S/C15H17N3O2/c16-2-1-12-17-15(18-20-12)14(19)13-10-4-8-3-9(6-10)7-11(13)5-8/h8-11,13H,1,3-7H2. The van der Waals surface area contributed by atoms with E-state index in [9.17, 15) is 4.79 Å². The summed E-state index contributed by atoms with van der Waals surface area (Å²) in [6, 6.07) is 1.96. The normalized spacial score (nSPS) is 37.9. The van der Waals surface area contributed by atoms with Crippen LogP contribution in [0.1, 0.15) is 48.6 Å². The van der Waals surface area contributed by atoms with E-state index in [2.05, 4.69) is 10.1 Å². The van der Waals surface area contributed by atoms with E-state index >= 15 is 0 Å². The van der Waals surface area contributed by atoms with Crippen LogP contribution in [0, 0.1) is 40.9 Å². The van der Waals surface area contributed by atoms with Gasteiger partial charge in [0.1, 0.15) is 6.42 Å². The number of Topliss-reactive ketones (excluding diaryl/α,β-unsaturated/α-hetero) is 1. The lowest BCUT2D eigenvalue weighted by atomic mass is 9.51. The van der Waals surface area contributed by atoms with E-state index in [0.29, 0.717) is 11.8 Å². The van der Waals surface area contributed by atoms with Gasteiger partial charge in [-0.1, -0.05) is 5.16 Å². The maximum Gasteiger partial charge on any atom is 0.241 e. The highest BCUT2D eigenvalue weighted by Crippen LogP contribution is 2.57. The van der Waals surface area contributed by atoms with Crippen molar-refractivity contribution in [1.29, 1.82) is 5.26 Å². The lowest BCUT2D eigenvalue weighted by Crippen LogP contribution is -2.48. The zero-order valence-corrected chi connectivity index (χ0v) is 11.3. The molecule has 0 radical (unpaired) electrons. The van der Waals surface area contributed by atoms with Gasteiger partial charge in [-0.15, -0.1) is 0 Å². The summed E-state index contributed by atoms with van der Waals surface area (Å²) in [5, 5.41) is 12.4. The summed E-state index contributed by atoms with van der Waals surface area (Å²) in [4.78, 5) is 16.8. The highest BCUT2D eigenvalue weighted by atomic mass is 16.5. The fourth-order valence-electron chi connectivity index (χ4n) is 5.00. The molecule has 5 heteroatoms. The number of nitriles is 1. The molecule has 0 amide bonds. The first-order chi connectivity index (χ1) is 9.74. The van der Waals surface area contributed by atoms with Gasteiger partial charge >= 0.3 is 0 Å². The van der Waals surface area contributed by atoms with Crippen molar-refractivity contribution in [2.24, 2.45) is 29.6 Å². The molecule has 0 saturated heterocycles. The Labute approximate surface area is 117 Å². The van der Waals surface area contributed by atoms with Gasteiger partial charge in [-0.2, -0.15) is 10.2 Å². The lowest BCUT2D eigenvalue weighted by molar-refractivity contribution is -0.0256. The quantitative estimate of drug-likeness (QED) is 0.788. The molecule has 4 fully saturated rings. The third kappa shape index (κ3) is 1.78. The van der Waals surface area contributed by atoms with Crippen LogP contribution in [0.2, 0.25) is 0 Å². The summed E-state index contributed by atoms with van der Waals surface area (Å²) >= 11 is 0. The van der Waals surface area contributed by atoms with Crippen LogP contribution in [-0.4, -0.2) is 15.9 Å². The van der Waals surface area contributed by atoms with Crippen molar-refractivity contribution in [3.63, 3.8) is 0 Å². The van der Waals surface area contributed by atoms with Gasteiger partial charge in [0.25, 0.3) is 0 Å². The summed E-state index contributed by atoms with van der Waals surface area (Å²) in [6.45, 7) is 0. The van der Waals surface area contributed by atoms with Crippen molar-refractivity contribution in [2.45, 2.75) is 38.5 Å². The predicted molar refractivity (Wildman–Crippen MR) is 68.5 cm³/mol. The van der Waals surface area contributed by atoms with Crippen LogP contribution in [0.4, 0.5) is 0 Å². The van der Waals surface area contributed by atoms with Gasteiger partial charge in [-0.05, 0) is 55.8 Å². The number of carbonyl (C=O) groups excluding carboxylic acids is 1. The van der Waals surface area contributed by atoms with Crippen molar-refractivity contribution < 1.29 is 9.32 Å². The van der Waals surface area contributed by atoms with Gasteiger partial charge < -0.3 is 4.52 Å². The van der Waals surface area contributed by atoms with Crippen LogP contribution in [0.5, 0.6) is 0 Å². The van der Waals surface area contributed by atoms with E-state index in [1.807, 2.05) is 6.07 Å². The van der Waals surface area contributed by atoms with E-state index in [0.717, 1.165) is 11.8 Å². The van der Waals surface area contributed by atoms with Crippen LogP contribution >= 0.6 is 0 Å². The van der Waals surface area contributed by atoms with Gasteiger partial charge in [0, 0.05) is 5.92 Å². The molecule has 0 aliphatic heterocycles. The number of hydrogen-bond donors (Lipinski definition) is 0. The molecular weight excluding hydrogens is 254 g/mol. The minimum absolute atomic E-state index is 0.0479.